The monoisotopic (exact) mass is 267 g/mol. The summed E-state index contributed by atoms with van der Waals surface area (Å²) in [6, 6.07) is 4.80. The average Bonchev–Trinajstić information content (AvgIpc) is 2.75. The molecule has 1 N–H and O–H groups in total. The van der Waals surface area contributed by atoms with E-state index in [0.29, 0.717) is 17.0 Å². The number of benzene rings is 1. The lowest BCUT2D eigenvalue weighted by Gasteiger charge is -2.15. The first-order valence-corrected chi connectivity index (χ1v) is 6.07. The Morgan fingerprint density at radius 1 is 1.50 bits per heavy atom. The molecule has 1 heterocycles. The first-order valence-electron chi connectivity index (χ1n) is 5.70. The summed E-state index contributed by atoms with van der Waals surface area (Å²) < 4.78 is 15.5. The number of likely N-dealkylation sites (N-methyl/N-ethyl adjacent to an activating group) is 1. The Bertz CT molecular complexity index is 539. The maximum absolute atomic E-state index is 13.7. The van der Waals surface area contributed by atoms with Crippen molar-refractivity contribution in [1.29, 1.82) is 0 Å². The van der Waals surface area contributed by atoms with Gasteiger partial charge in [0, 0.05) is 29.9 Å². The molecule has 0 bridgehead atoms. The molecule has 0 amide bonds. The fourth-order valence-corrected chi connectivity index (χ4v) is 2.07. The molecule has 2 aromatic rings. The predicted molar refractivity (Wildman–Crippen MR) is 70.1 cm³/mol. The van der Waals surface area contributed by atoms with Gasteiger partial charge in [-0.3, -0.25) is 4.68 Å². The minimum atomic E-state index is -0.272. The molecule has 1 aromatic carbocycles. The zero-order valence-corrected chi connectivity index (χ0v) is 11.1. The van der Waals surface area contributed by atoms with Gasteiger partial charge in [-0.25, -0.2) is 4.39 Å². The van der Waals surface area contributed by atoms with Crippen molar-refractivity contribution in [2.24, 2.45) is 7.05 Å². The van der Waals surface area contributed by atoms with Crippen molar-refractivity contribution in [2.45, 2.75) is 12.5 Å². The maximum Gasteiger partial charge on any atom is 0.127 e. The molecule has 5 heteroatoms. The fraction of sp³-hybridized carbons (Fsp3) is 0.308. The summed E-state index contributed by atoms with van der Waals surface area (Å²) in [4.78, 5) is 0. The van der Waals surface area contributed by atoms with Crippen LogP contribution in [0, 0.1) is 5.82 Å². The summed E-state index contributed by atoms with van der Waals surface area (Å²) in [5.41, 5.74) is 1.68. The smallest absolute Gasteiger partial charge is 0.127 e. The molecule has 96 valence electrons. The molecule has 0 radical (unpaired) electrons. The Morgan fingerprint density at radius 3 is 2.83 bits per heavy atom. The third-order valence-corrected chi connectivity index (χ3v) is 3.15. The summed E-state index contributed by atoms with van der Waals surface area (Å²) in [6.07, 6.45) is 4.27. The Kier molecular flexibility index (Phi) is 3.99. The van der Waals surface area contributed by atoms with Crippen LogP contribution in [0.1, 0.15) is 17.2 Å². The molecule has 1 atom stereocenters. The van der Waals surface area contributed by atoms with Crippen molar-refractivity contribution in [3.05, 3.63) is 52.6 Å². The van der Waals surface area contributed by atoms with E-state index in [1.54, 1.807) is 23.0 Å². The largest absolute Gasteiger partial charge is 0.313 e. The second kappa shape index (κ2) is 5.50. The van der Waals surface area contributed by atoms with E-state index < -0.39 is 0 Å². The normalized spacial score (nSPS) is 12.7. The van der Waals surface area contributed by atoms with Gasteiger partial charge in [-0.05, 0) is 31.2 Å². The van der Waals surface area contributed by atoms with Crippen LogP contribution in [0.15, 0.2) is 30.6 Å². The molecular weight excluding hydrogens is 253 g/mol. The van der Waals surface area contributed by atoms with Crippen molar-refractivity contribution in [3.63, 3.8) is 0 Å². The van der Waals surface area contributed by atoms with Crippen molar-refractivity contribution < 1.29 is 4.39 Å². The molecule has 0 aliphatic heterocycles. The van der Waals surface area contributed by atoms with Gasteiger partial charge in [0.15, 0.2) is 0 Å². The third-order valence-electron chi connectivity index (χ3n) is 2.91. The minimum Gasteiger partial charge on any atom is -0.313 e. The van der Waals surface area contributed by atoms with Crippen LogP contribution >= 0.6 is 11.6 Å². The molecule has 1 aromatic heterocycles. The highest BCUT2D eigenvalue weighted by Crippen LogP contribution is 2.21. The van der Waals surface area contributed by atoms with Crippen molar-refractivity contribution in [1.82, 2.24) is 15.1 Å². The molecule has 0 fully saturated rings. The number of halogens is 2. The van der Waals surface area contributed by atoms with E-state index >= 15 is 0 Å². The van der Waals surface area contributed by atoms with Crippen LogP contribution in [-0.2, 0) is 13.5 Å². The number of hydrogen-bond acceptors (Lipinski definition) is 2. The molecule has 1 unspecified atom stereocenters. The van der Waals surface area contributed by atoms with Gasteiger partial charge in [-0.1, -0.05) is 17.7 Å². The quantitative estimate of drug-likeness (QED) is 0.923. The van der Waals surface area contributed by atoms with Crippen LogP contribution in [0.5, 0.6) is 0 Å². The Hall–Kier alpha value is -1.39. The van der Waals surface area contributed by atoms with Crippen LogP contribution in [0.4, 0.5) is 4.39 Å². The van der Waals surface area contributed by atoms with E-state index in [-0.39, 0.29) is 11.9 Å². The van der Waals surface area contributed by atoms with Crippen LogP contribution in [0.3, 0.4) is 0 Å². The Morgan fingerprint density at radius 2 is 2.28 bits per heavy atom. The van der Waals surface area contributed by atoms with Crippen LogP contribution < -0.4 is 5.32 Å². The number of hydrogen-bond donors (Lipinski definition) is 1. The number of aryl methyl sites for hydroxylation is 1. The highest BCUT2D eigenvalue weighted by atomic mass is 35.5. The van der Waals surface area contributed by atoms with Crippen LogP contribution in [0.2, 0.25) is 5.02 Å². The number of aromatic nitrogens is 2. The summed E-state index contributed by atoms with van der Waals surface area (Å²) in [7, 11) is 3.71. The Balaban J connectivity index is 2.20. The lowest BCUT2D eigenvalue weighted by atomic mass is 10.0. The van der Waals surface area contributed by atoms with Crippen molar-refractivity contribution in [2.75, 3.05) is 7.05 Å². The standard InChI is InChI=1S/C13H15ClFN3/c1-16-13(10-7-17-18(2)8-10)5-9-3-4-11(14)6-12(9)15/h3-4,6-8,13,16H,5H2,1-2H3. The first-order chi connectivity index (χ1) is 8.60. The summed E-state index contributed by atoms with van der Waals surface area (Å²) >= 11 is 5.74. The highest BCUT2D eigenvalue weighted by Gasteiger charge is 2.14. The second-order valence-corrected chi connectivity index (χ2v) is 4.66. The summed E-state index contributed by atoms with van der Waals surface area (Å²) in [5, 5.41) is 7.71. The van der Waals surface area contributed by atoms with Gasteiger partial charge in [-0.2, -0.15) is 5.10 Å². The number of nitrogens with zero attached hydrogens (tertiary/aromatic N) is 2. The zero-order valence-electron chi connectivity index (χ0n) is 10.3. The van der Waals surface area contributed by atoms with Gasteiger partial charge in [0.1, 0.15) is 5.82 Å². The topological polar surface area (TPSA) is 29.9 Å². The maximum atomic E-state index is 13.7. The Labute approximate surface area is 111 Å². The molecular formula is C13H15ClFN3. The van der Waals surface area contributed by atoms with Gasteiger partial charge in [0.2, 0.25) is 0 Å². The van der Waals surface area contributed by atoms with Crippen molar-refractivity contribution in [3.8, 4) is 0 Å². The first kappa shape index (κ1) is 13.1. The van der Waals surface area contributed by atoms with Gasteiger partial charge in [0.05, 0.1) is 6.20 Å². The highest BCUT2D eigenvalue weighted by molar-refractivity contribution is 6.30. The van der Waals surface area contributed by atoms with E-state index in [1.807, 2.05) is 20.3 Å². The van der Waals surface area contributed by atoms with Gasteiger partial charge < -0.3 is 5.32 Å². The van der Waals surface area contributed by atoms with Crippen LogP contribution in [-0.4, -0.2) is 16.8 Å². The zero-order chi connectivity index (χ0) is 13.1. The van der Waals surface area contributed by atoms with Crippen molar-refractivity contribution >= 4 is 11.6 Å². The van der Waals surface area contributed by atoms with E-state index in [4.69, 9.17) is 11.6 Å². The predicted octanol–water partition coefficient (Wildman–Crippen LogP) is 2.72. The molecule has 18 heavy (non-hydrogen) atoms. The average molecular weight is 268 g/mol. The summed E-state index contributed by atoms with van der Waals surface area (Å²) in [5.74, 6) is -0.272. The van der Waals surface area contributed by atoms with Gasteiger partial charge >= 0.3 is 0 Å². The molecule has 0 saturated heterocycles. The van der Waals surface area contributed by atoms with Crippen LogP contribution in [0.25, 0.3) is 0 Å². The molecule has 0 saturated carbocycles. The number of nitrogens with one attached hydrogen (secondary N) is 1. The summed E-state index contributed by atoms with van der Waals surface area (Å²) in [6.45, 7) is 0. The minimum absolute atomic E-state index is 0.0365. The van der Waals surface area contributed by atoms with Gasteiger partial charge in [-0.15, -0.1) is 0 Å². The molecule has 0 aliphatic carbocycles. The third kappa shape index (κ3) is 2.89. The molecule has 3 nitrogen and oxygen atoms in total. The molecule has 2 rings (SSSR count). The fourth-order valence-electron chi connectivity index (χ4n) is 1.91. The lowest BCUT2D eigenvalue weighted by Crippen LogP contribution is -2.19. The lowest BCUT2D eigenvalue weighted by molar-refractivity contribution is 0.554. The SMILES string of the molecule is CNC(Cc1ccc(Cl)cc1F)c1cnn(C)c1. The number of rotatable bonds is 4. The van der Waals surface area contributed by atoms with Gasteiger partial charge in [0.25, 0.3) is 0 Å². The molecule has 0 aliphatic rings. The molecule has 0 spiro atoms. The van der Waals surface area contributed by atoms with E-state index in [9.17, 15) is 4.39 Å². The second-order valence-electron chi connectivity index (χ2n) is 4.23. The van der Waals surface area contributed by atoms with E-state index in [0.717, 1.165) is 5.56 Å². The van der Waals surface area contributed by atoms with E-state index in [2.05, 4.69) is 10.4 Å². The van der Waals surface area contributed by atoms with E-state index in [1.165, 1.54) is 6.07 Å².